The van der Waals surface area contributed by atoms with E-state index in [0.717, 1.165) is 19.5 Å². The second-order valence-corrected chi connectivity index (χ2v) is 6.30. The Bertz CT molecular complexity index is 670. The van der Waals surface area contributed by atoms with Gasteiger partial charge in [-0.3, -0.25) is 14.5 Å². The number of nitrogens with zero attached hydrogens (tertiary/aromatic N) is 1. The Morgan fingerprint density at radius 2 is 1.73 bits per heavy atom. The molecule has 2 aliphatic heterocycles. The van der Waals surface area contributed by atoms with Gasteiger partial charge in [0.25, 0.3) is 11.8 Å². The van der Waals surface area contributed by atoms with Gasteiger partial charge in [-0.2, -0.15) is 13.2 Å². The number of alkyl halides is 3. The summed E-state index contributed by atoms with van der Waals surface area (Å²) in [5.74, 6) is -2.12. The zero-order valence-corrected chi connectivity index (χ0v) is 14.0. The molecule has 142 valence electrons. The number of carbonyl (C=O) groups is 3. The second kappa shape index (κ2) is 7.86. The lowest BCUT2D eigenvalue weighted by Gasteiger charge is -2.31. The van der Waals surface area contributed by atoms with Gasteiger partial charge in [-0.15, -0.1) is 0 Å². The molecular weight excluding hydrogens is 353 g/mol. The molecule has 0 saturated carbocycles. The fourth-order valence-electron chi connectivity index (χ4n) is 2.98. The molecule has 2 amide bonds. The molecular formula is C17H19F3N2O4. The maximum absolute atomic E-state index is 12.3. The molecule has 3 rings (SSSR count). The number of hydrogen-bond acceptors (Lipinski definition) is 4. The zero-order chi connectivity index (χ0) is 19.5. The van der Waals surface area contributed by atoms with E-state index in [-0.39, 0.29) is 11.8 Å². The summed E-state index contributed by atoms with van der Waals surface area (Å²) >= 11 is 0. The van der Waals surface area contributed by atoms with Gasteiger partial charge < -0.3 is 10.4 Å². The highest BCUT2D eigenvalue weighted by Gasteiger charge is 2.38. The standard InChI is InChI=1S/C15H18N2O2.C2HF3O2/c1-10-8-16-7-6-11(10)9-17-14(18)12-4-2-3-5-13(12)15(17)19;3-2(4,5)1(6)7/h2-5,10-11,16H,6-9H2,1H3;(H,6,7). The monoisotopic (exact) mass is 372 g/mol. The van der Waals surface area contributed by atoms with E-state index in [1.165, 1.54) is 4.90 Å². The summed E-state index contributed by atoms with van der Waals surface area (Å²) < 4.78 is 31.7. The lowest BCUT2D eigenvalue weighted by atomic mass is 9.87. The lowest BCUT2D eigenvalue weighted by Crippen LogP contribution is -2.43. The Labute approximate surface area is 148 Å². The van der Waals surface area contributed by atoms with Crippen LogP contribution in [-0.2, 0) is 4.79 Å². The Balaban J connectivity index is 0.000000298. The Hall–Kier alpha value is -2.42. The third kappa shape index (κ3) is 4.40. The number of amides is 2. The van der Waals surface area contributed by atoms with Crippen LogP contribution in [0.1, 0.15) is 34.1 Å². The summed E-state index contributed by atoms with van der Waals surface area (Å²) in [7, 11) is 0. The number of halogens is 3. The Kier molecular flexibility index (Phi) is 6.01. The van der Waals surface area contributed by atoms with Crippen molar-refractivity contribution < 1.29 is 32.7 Å². The highest BCUT2D eigenvalue weighted by Crippen LogP contribution is 2.27. The van der Waals surface area contributed by atoms with Crippen LogP contribution in [0.2, 0.25) is 0 Å². The SMILES string of the molecule is CC1CNCCC1CN1C(=O)c2ccccc2C1=O.O=C(O)C(F)(F)F. The van der Waals surface area contributed by atoms with Crippen LogP contribution < -0.4 is 5.32 Å². The molecule has 2 atom stereocenters. The van der Waals surface area contributed by atoms with Gasteiger partial charge in [0.15, 0.2) is 0 Å². The first-order valence-electron chi connectivity index (χ1n) is 8.09. The topological polar surface area (TPSA) is 86.7 Å². The number of aliphatic carboxylic acids is 1. The van der Waals surface area contributed by atoms with Gasteiger partial charge in [-0.1, -0.05) is 19.1 Å². The summed E-state index contributed by atoms with van der Waals surface area (Å²) in [6.45, 7) is 4.66. The molecule has 0 aromatic heterocycles. The van der Waals surface area contributed by atoms with Crippen LogP contribution >= 0.6 is 0 Å². The molecule has 1 fully saturated rings. The maximum atomic E-state index is 12.3. The summed E-state index contributed by atoms with van der Waals surface area (Å²) in [5, 5.41) is 10.5. The van der Waals surface area contributed by atoms with Crippen molar-refractivity contribution in [3.8, 4) is 0 Å². The molecule has 1 saturated heterocycles. The summed E-state index contributed by atoms with van der Waals surface area (Å²) in [6, 6.07) is 7.09. The van der Waals surface area contributed by atoms with Crippen LogP contribution in [-0.4, -0.2) is 53.6 Å². The number of carbonyl (C=O) groups excluding carboxylic acids is 2. The third-order valence-electron chi connectivity index (χ3n) is 4.50. The van der Waals surface area contributed by atoms with E-state index in [9.17, 15) is 22.8 Å². The first kappa shape index (κ1) is 19.9. The Morgan fingerprint density at radius 1 is 1.23 bits per heavy atom. The highest BCUT2D eigenvalue weighted by atomic mass is 19.4. The molecule has 26 heavy (non-hydrogen) atoms. The number of piperidine rings is 1. The number of hydrogen-bond donors (Lipinski definition) is 2. The molecule has 0 radical (unpaired) electrons. The number of rotatable bonds is 2. The third-order valence-corrected chi connectivity index (χ3v) is 4.50. The van der Waals surface area contributed by atoms with Crippen molar-refractivity contribution in [2.75, 3.05) is 19.6 Å². The summed E-state index contributed by atoms with van der Waals surface area (Å²) in [4.78, 5) is 34.9. The van der Waals surface area contributed by atoms with Gasteiger partial charge in [0, 0.05) is 6.54 Å². The van der Waals surface area contributed by atoms with Gasteiger partial charge in [-0.25, -0.2) is 4.79 Å². The van der Waals surface area contributed by atoms with E-state index in [1.54, 1.807) is 24.3 Å². The number of benzene rings is 1. The largest absolute Gasteiger partial charge is 0.490 e. The number of carboxylic acids is 1. The highest BCUT2D eigenvalue weighted by molar-refractivity contribution is 6.21. The average Bonchev–Trinajstić information content (AvgIpc) is 2.82. The maximum Gasteiger partial charge on any atom is 0.490 e. The lowest BCUT2D eigenvalue weighted by molar-refractivity contribution is -0.192. The minimum absolute atomic E-state index is 0.133. The molecule has 0 bridgehead atoms. The summed E-state index contributed by atoms with van der Waals surface area (Å²) in [5.41, 5.74) is 1.10. The smallest absolute Gasteiger partial charge is 0.475 e. The van der Waals surface area contributed by atoms with Crippen LogP contribution in [0.3, 0.4) is 0 Å². The van der Waals surface area contributed by atoms with Gasteiger partial charge in [-0.05, 0) is 43.5 Å². The van der Waals surface area contributed by atoms with Gasteiger partial charge in [0.1, 0.15) is 0 Å². The van der Waals surface area contributed by atoms with Crippen molar-refractivity contribution in [3.05, 3.63) is 35.4 Å². The number of imide groups is 1. The van der Waals surface area contributed by atoms with Crippen molar-refractivity contribution in [1.29, 1.82) is 0 Å². The fourth-order valence-corrected chi connectivity index (χ4v) is 2.98. The summed E-state index contributed by atoms with van der Waals surface area (Å²) in [6.07, 6.45) is -4.06. The van der Waals surface area contributed by atoms with Crippen molar-refractivity contribution in [2.24, 2.45) is 11.8 Å². The van der Waals surface area contributed by atoms with E-state index in [4.69, 9.17) is 9.90 Å². The first-order valence-corrected chi connectivity index (χ1v) is 8.09. The van der Waals surface area contributed by atoms with E-state index in [2.05, 4.69) is 12.2 Å². The van der Waals surface area contributed by atoms with Crippen LogP contribution in [0.5, 0.6) is 0 Å². The minimum Gasteiger partial charge on any atom is -0.475 e. The number of fused-ring (bicyclic) bond motifs is 1. The minimum atomic E-state index is -5.08. The quantitative estimate of drug-likeness (QED) is 0.777. The number of nitrogens with one attached hydrogen (secondary N) is 1. The van der Waals surface area contributed by atoms with E-state index >= 15 is 0 Å². The molecule has 1 aromatic rings. The Morgan fingerprint density at radius 3 is 2.15 bits per heavy atom. The van der Waals surface area contributed by atoms with Gasteiger partial charge in [0.05, 0.1) is 11.1 Å². The van der Waals surface area contributed by atoms with Crippen molar-refractivity contribution in [1.82, 2.24) is 10.2 Å². The van der Waals surface area contributed by atoms with Gasteiger partial charge in [0.2, 0.25) is 0 Å². The molecule has 9 heteroatoms. The average molecular weight is 372 g/mol. The van der Waals surface area contributed by atoms with E-state index < -0.39 is 12.1 Å². The van der Waals surface area contributed by atoms with E-state index in [0.29, 0.717) is 29.5 Å². The van der Waals surface area contributed by atoms with Crippen LogP contribution in [0.4, 0.5) is 13.2 Å². The predicted molar refractivity (Wildman–Crippen MR) is 85.6 cm³/mol. The van der Waals surface area contributed by atoms with Crippen LogP contribution in [0, 0.1) is 11.8 Å². The normalized spacial score (nSPS) is 22.5. The van der Waals surface area contributed by atoms with Crippen molar-refractivity contribution >= 4 is 17.8 Å². The predicted octanol–water partition coefficient (Wildman–Crippen LogP) is 2.16. The van der Waals surface area contributed by atoms with E-state index in [1.807, 2.05) is 0 Å². The van der Waals surface area contributed by atoms with Crippen LogP contribution in [0.15, 0.2) is 24.3 Å². The molecule has 2 aliphatic rings. The van der Waals surface area contributed by atoms with Gasteiger partial charge >= 0.3 is 12.1 Å². The second-order valence-electron chi connectivity index (χ2n) is 6.30. The van der Waals surface area contributed by atoms with Crippen molar-refractivity contribution in [2.45, 2.75) is 19.5 Å². The zero-order valence-electron chi connectivity index (χ0n) is 14.0. The molecule has 1 aromatic carbocycles. The fraction of sp³-hybridized carbons (Fsp3) is 0.471. The molecule has 2 heterocycles. The number of carboxylic acid groups (broad SMARTS) is 1. The molecule has 0 spiro atoms. The first-order chi connectivity index (χ1) is 12.1. The van der Waals surface area contributed by atoms with Crippen molar-refractivity contribution in [3.63, 3.8) is 0 Å². The molecule has 0 aliphatic carbocycles. The van der Waals surface area contributed by atoms with Crippen LogP contribution in [0.25, 0.3) is 0 Å². The molecule has 6 nitrogen and oxygen atoms in total. The molecule has 2 N–H and O–H groups in total. The molecule has 2 unspecified atom stereocenters.